The number of amides is 2. The van der Waals surface area contributed by atoms with Gasteiger partial charge in [-0.2, -0.15) is 0 Å². The summed E-state index contributed by atoms with van der Waals surface area (Å²) in [6.07, 6.45) is 4.98. The largest absolute Gasteiger partial charge is 0.332 e. The molecule has 1 N–H and O–H groups in total. The number of nitrogens with zero attached hydrogens (tertiary/aromatic N) is 2. The number of hydrogen-bond donors (Lipinski definition) is 1. The van der Waals surface area contributed by atoms with Crippen molar-refractivity contribution in [3.05, 3.63) is 0 Å². The maximum absolute atomic E-state index is 12.1. The van der Waals surface area contributed by atoms with Crippen LogP contribution in [0.3, 0.4) is 0 Å². The first-order chi connectivity index (χ1) is 8.75. The molecule has 1 unspecified atom stereocenters. The molecule has 0 spiro atoms. The van der Waals surface area contributed by atoms with Gasteiger partial charge in [0.25, 0.3) is 0 Å². The molecule has 0 radical (unpaired) electrons. The number of nitrogens with one attached hydrogen (secondary N) is 1. The Balaban J connectivity index is 1.67. The van der Waals surface area contributed by atoms with Crippen LogP contribution in [0.1, 0.15) is 25.7 Å². The Labute approximate surface area is 107 Å². The van der Waals surface area contributed by atoms with Crippen LogP contribution in [0.15, 0.2) is 0 Å². The number of rotatable bonds is 2. The summed E-state index contributed by atoms with van der Waals surface area (Å²) in [4.78, 5) is 27.7. The van der Waals surface area contributed by atoms with Gasteiger partial charge in [0.15, 0.2) is 0 Å². The van der Waals surface area contributed by atoms with Crippen molar-refractivity contribution in [2.24, 2.45) is 5.92 Å². The molecule has 1 atom stereocenters. The van der Waals surface area contributed by atoms with Crippen LogP contribution in [0.4, 0.5) is 0 Å². The molecule has 5 nitrogen and oxygen atoms in total. The van der Waals surface area contributed by atoms with E-state index in [0.717, 1.165) is 19.6 Å². The smallest absolute Gasteiger partial charge is 0.312 e. The number of carbonyl (C=O) groups excluding carboxylic acids is 2. The minimum absolute atomic E-state index is 0.186. The highest BCUT2D eigenvalue weighted by molar-refractivity contribution is 6.35. The van der Waals surface area contributed by atoms with Gasteiger partial charge in [-0.25, -0.2) is 0 Å². The second-order valence-corrected chi connectivity index (χ2v) is 5.72. The lowest BCUT2D eigenvalue weighted by molar-refractivity contribution is -0.160. The summed E-state index contributed by atoms with van der Waals surface area (Å²) in [5.41, 5.74) is 0. The molecule has 2 saturated heterocycles. The Morgan fingerprint density at radius 3 is 2.72 bits per heavy atom. The Morgan fingerprint density at radius 2 is 1.94 bits per heavy atom. The number of piperazine rings is 2. The van der Waals surface area contributed by atoms with Crippen LogP contribution in [0.2, 0.25) is 0 Å². The Hall–Kier alpha value is -1.10. The van der Waals surface area contributed by atoms with Crippen molar-refractivity contribution in [2.75, 3.05) is 32.7 Å². The van der Waals surface area contributed by atoms with Crippen LogP contribution >= 0.6 is 0 Å². The summed E-state index contributed by atoms with van der Waals surface area (Å²) in [5, 5.41) is 3.30. The minimum atomic E-state index is -0.286. The van der Waals surface area contributed by atoms with Crippen LogP contribution in [-0.2, 0) is 9.59 Å². The average Bonchev–Trinajstić information content (AvgIpc) is 2.89. The van der Waals surface area contributed by atoms with Gasteiger partial charge in [0.1, 0.15) is 0 Å². The fourth-order valence-electron chi connectivity index (χ4n) is 3.45. The molecule has 18 heavy (non-hydrogen) atoms. The molecule has 2 aliphatic heterocycles. The van der Waals surface area contributed by atoms with Crippen molar-refractivity contribution in [3.8, 4) is 0 Å². The van der Waals surface area contributed by atoms with E-state index in [2.05, 4.69) is 5.32 Å². The highest BCUT2D eigenvalue weighted by atomic mass is 16.2. The lowest BCUT2D eigenvalue weighted by Gasteiger charge is -2.43. The quantitative estimate of drug-likeness (QED) is 0.693. The fourth-order valence-corrected chi connectivity index (χ4v) is 3.45. The molecule has 1 saturated carbocycles. The van der Waals surface area contributed by atoms with E-state index in [9.17, 15) is 9.59 Å². The Kier molecular flexibility index (Phi) is 3.24. The molecule has 1 aliphatic carbocycles. The van der Waals surface area contributed by atoms with E-state index >= 15 is 0 Å². The standard InChI is InChI=1S/C13H21N3O2/c17-12-13(18)16-6-5-14-7-11(16)9-15(12)8-10-3-1-2-4-10/h10-11,14H,1-9H2. The van der Waals surface area contributed by atoms with E-state index in [4.69, 9.17) is 0 Å². The van der Waals surface area contributed by atoms with Gasteiger partial charge in [-0.3, -0.25) is 9.59 Å². The SMILES string of the molecule is O=C1C(=O)N2CCNCC2CN1CC1CCCC1. The van der Waals surface area contributed by atoms with E-state index in [1.165, 1.54) is 25.7 Å². The zero-order chi connectivity index (χ0) is 12.5. The van der Waals surface area contributed by atoms with Crippen LogP contribution in [0, 0.1) is 5.92 Å². The van der Waals surface area contributed by atoms with Crippen LogP contribution in [0.5, 0.6) is 0 Å². The lowest BCUT2D eigenvalue weighted by Crippen LogP contribution is -2.66. The Bertz CT molecular complexity index is 352. The molecule has 3 fully saturated rings. The summed E-state index contributed by atoms with van der Waals surface area (Å²) in [7, 11) is 0. The van der Waals surface area contributed by atoms with Crippen molar-refractivity contribution >= 4 is 11.8 Å². The molecule has 3 aliphatic rings. The first-order valence-corrected chi connectivity index (χ1v) is 7.06. The molecular formula is C13H21N3O2. The van der Waals surface area contributed by atoms with Crippen LogP contribution in [0.25, 0.3) is 0 Å². The third kappa shape index (κ3) is 2.11. The van der Waals surface area contributed by atoms with E-state index in [0.29, 0.717) is 19.0 Å². The van der Waals surface area contributed by atoms with Gasteiger partial charge in [0, 0.05) is 32.7 Å². The zero-order valence-corrected chi connectivity index (χ0v) is 10.7. The van der Waals surface area contributed by atoms with Crippen LogP contribution in [-0.4, -0.2) is 60.4 Å². The highest BCUT2D eigenvalue weighted by Gasteiger charge is 2.40. The summed E-state index contributed by atoms with van der Waals surface area (Å²) < 4.78 is 0. The molecular weight excluding hydrogens is 230 g/mol. The highest BCUT2D eigenvalue weighted by Crippen LogP contribution is 2.26. The molecule has 2 heterocycles. The monoisotopic (exact) mass is 251 g/mol. The topological polar surface area (TPSA) is 52.7 Å². The summed E-state index contributed by atoms with van der Waals surface area (Å²) in [5.74, 6) is 0.0515. The van der Waals surface area contributed by atoms with Crippen LogP contribution < -0.4 is 5.32 Å². The molecule has 0 aromatic heterocycles. The lowest BCUT2D eigenvalue weighted by atomic mass is 10.0. The van der Waals surface area contributed by atoms with Crippen molar-refractivity contribution in [2.45, 2.75) is 31.7 Å². The van der Waals surface area contributed by atoms with Gasteiger partial charge in [-0.15, -0.1) is 0 Å². The maximum atomic E-state index is 12.1. The van der Waals surface area contributed by atoms with Gasteiger partial charge < -0.3 is 15.1 Å². The van der Waals surface area contributed by atoms with Crippen molar-refractivity contribution < 1.29 is 9.59 Å². The summed E-state index contributed by atoms with van der Waals surface area (Å²) in [6.45, 7) is 3.80. The second kappa shape index (κ2) is 4.88. The number of carbonyl (C=O) groups is 2. The van der Waals surface area contributed by atoms with E-state index < -0.39 is 0 Å². The van der Waals surface area contributed by atoms with E-state index in [1.807, 2.05) is 0 Å². The molecule has 5 heteroatoms. The molecule has 0 aromatic carbocycles. The van der Waals surface area contributed by atoms with Gasteiger partial charge >= 0.3 is 11.8 Å². The van der Waals surface area contributed by atoms with Crippen molar-refractivity contribution in [1.82, 2.24) is 15.1 Å². The van der Waals surface area contributed by atoms with E-state index in [-0.39, 0.29) is 17.9 Å². The predicted molar refractivity (Wildman–Crippen MR) is 66.9 cm³/mol. The van der Waals surface area contributed by atoms with Crippen molar-refractivity contribution in [3.63, 3.8) is 0 Å². The summed E-state index contributed by atoms with van der Waals surface area (Å²) in [6, 6.07) is 0.186. The average molecular weight is 251 g/mol. The number of hydrogen-bond acceptors (Lipinski definition) is 3. The van der Waals surface area contributed by atoms with Crippen molar-refractivity contribution in [1.29, 1.82) is 0 Å². The third-order valence-electron chi connectivity index (χ3n) is 4.47. The predicted octanol–water partition coefficient (Wildman–Crippen LogP) is -0.181. The van der Waals surface area contributed by atoms with Gasteiger partial charge in [0.05, 0.1) is 6.04 Å². The third-order valence-corrected chi connectivity index (χ3v) is 4.47. The molecule has 100 valence electrons. The first kappa shape index (κ1) is 12.0. The minimum Gasteiger partial charge on any atom is -0.332 e. The Morgan fingerprint density at radius 1 is 1.17 bits per heavy atom. The van der Waals surface area contributed by atoms with Gasteiger partial charge in [-0.1, -0.05) is 12.8 Å². The fraction of sp³-hybridized carbons (Fsp3) is 0.846. The number of fused-ring (bicyclic) bond motifs is 1. The molecule has 2 amide bonds. The van der Waals surface area contributed by atoms with E-state index in [1.54, 1.807) is 9.80 Å². The molecule has 0 bridgehead atoms. The normalized spacial score (nSPS) is 29.9. The maximum Gasteiger partial charge on any atom is 0.312 e. The van der Waals surface area contributed by atoms with Gasteiger partial charge in [0.2, 0.25) is 0 Å². The first-order valence-electron chi connectivity index (χ1n) is 7.06. The zero-order valence-electron chi connectivity index (χ0n) is 10.7. The van der Waals surface area contributed by atoms with Gasteiger partial charge in [-0.05, 0) is 18.8 Å². The second-order valence-electron chi connectivity index (χ2n) is 5.72. The molecule has 0 aromatic rings. The molecule has 3 rings (SSSR count). The summed E-state index contributed by atoms with van der Waals surface area (Å²) >= 11 is 0.